The first-order chi connectivity index (χ1) is 10.5. The maximum Gasteiger partial charge on any atom is 0.341 e. The molecule has 1 aromatic carbocycles. The minimum atomic E-state index is -1.07. The Morgan fingerprint density at radius 2 is 2.05 bits per heavy atom. The first-order valence-electron chi connectivity index (χ1n) is 7.41. The van der Waals surface area contributed by atoms with Gasteiger partial charge in [-0.1, -0.05) is 6.92 Å². The van der Waals surface area contributed by atoms with Crippen molar-refractivity contribution >= 4 is 11.9 Å². The van der Waals surface area contributed by atoms with E-state index in [1.54, 1.807) is 18.2 Å². The van der Waals surface area contributed by atoms with E-state index in [2.05, 4.69) is 12.2 Å². The zero-order valence-corrected chi connectivity index (χ0v) is 12.8. The van der Waals surface area contributed by atoms with Crippen molar-refractivity contribution in [3.63, 3.8) is 0 Å². The highest BCUT2D eigenvalue weighted by molar-refractivity contribution is 5.94. The van der Waals surface area contributed by atoms with Gasteiger partial charge in [0, 0.05) is 12.1 Å². The van der Waals surface area contributed by atoms with Crippen LogP contribution in [-0.2, 0) is 4.79 Å². The lowest BCUT2D eigenvalue weighted by atomic mass is 10.2. The molecule has 0 aliphatic heterocycles. The molecule has 0 aromatic heterocycles. The standard InChI is InChI=1S/C16H21NO5/c1-3-21-14-7-11(4-5-13(14)22-9-15(18)19)16(20)17-8-12-6-10(12)2/h4-5,7,10,12H,3,6,8-9H2,1-2H3,(H,17,20)(H,18,19). The highest BCUT2D eigenvalue weighted by Crippen LogP contribution is 2.36. The first-order valence-corrected chi connectivity index (χ1v) is 7.41. The van der Waals surface area contributed by atoms with Crippen LogP contribution in [0.2, 0.25) is 0 Å². The molecule has 1 aliphatic carbocycles. The van der Waals surface area contributed by atoms with Crippen LogP contribution in [0.5, 0.6) is 11.5 Å². The average molecular weight is 307 g/mol. The van der Waals surface area contributed by atoms with Gasteiger partial charge in [0.1, 0.15) is 0 Å². The van der Waals surface area contributed by atoms with Crippen molar-refractivity contribution in [2.75, 3.05) is 19.8 Å². The van der Waals surface area contributed by atoms with Crippen LogP contribution in [-0.4, -0.2) is 36.7 Å². The summed E-state index contributed by atoms with van der Waals surface area (Å²) in [7, 11) is 0. The molecular formula is C16H21NO5. The number of carbonyl (C=O) groups is 2. The van der Waals surface area contributed by atoms with Gasteiger partial charge < -0.3 is 19.9 Å². The third kappa shape index (κ3) is 4.38. The highest BCUT2D eigenvalue weighted by atomic mass is 16.5. The van der Waals surface area contributed by atoms with Crippen molar-refractivity contribution in [3.05, 3.63) is 23.8 Å². The molecule has 0 heterocycles. The predicted octanol–water partition coefficient (Wildman–Crippen LogP) is 1.93. The minimum absolute atomic E-state index is 0.162. The van der Waals surface area contributed by atoms with Crippen LogP contribution in [0.25, 0.3) is 0 Å². The number of carbonyl (C=O) groups excluding carboxylic acids is 1. The zero-order valence-electron chi connectivity index (χ0n) is 12.8. The summed E-state index contributed by atoms with van der Waals surface area (Å²) in [5, 5.41) is 11.6. The molecule has 2 N–H and O–H groups in total. The molecule has 6 nitrogen and oxygen atoms in total. The van der Waals surface area contributed by atoms with Crippen molar-refractivity contribution in [1.82, 2.24) is 5.32 Å². The van der Waals surface area contributed by atoms with Crippen molar-refractivity contribution in [1.29, 1.82) is 0 Å². The molecule has 0 saturated heterocycles. The van der Waals surface area contributed by atoms with E-state index in [-0.39, 0.29) is 5.91 Å². The van der Waals surface area contributed by atoms with Gasteiger partial charge in [0.15, 0.2) is 18.1 Å². The molecule has 120 valence electrons. The quantitative estimate of drug-likeness (QED) is 0.766. The summed E-state index contributed by atoms with van der Waals surface area (Å²) in [5.74, 6) is 0.722. The molecule has 1 aliphatic rings. The van der Waals surface area contributed by atoms with Crippen LogP contribution < -0.4 is 14.8 Å². The second kappa shape index (κ2) is 7.15. The number of amides is 1. The van der Waals surface area contributed by atoms with Crippen molar-refractivity contribution in [2.45, 2.75) is 20.3 Å². The number of rotatable bonds is 8. The van der Waals surface area contributed by atoms with E-state index in [1.807, 2.05) is 6.92 Å². The van der Waals surface area contributed by atoms with Gasteiger partial charge in [-0.15, -0.1) is 0 Å². The molecule has 6 heteroatoms. The molecule has 2 rings (SSSR count). The van der Waals surface area contributed by atoms with E-state index in [4.69, 9.17) is 14.6 Å². The molecule has 1 amide bonds. The molecule has 1 saturated carbocycles. The fraction of sp³-hybridized carbons (Fsp3) is 0.500. The second-order valence-electron chi connectivity index (χ2n) is 5.46. The van der Waals surface area contributed by atoms with E-state index in [0.29, 0.717) is 42.0 Å². The van der Waals surface area contributed by atoms with Crippen molar-refractivity contribution in [3.8, 4) is 11.5 Å². The SMILES string of the molecule is CCOc1cc(C(=O)NCC2CC2C)ccc1OCC(=O)O. The number of carboxylic acid groups (broad SMARTS) is 1. The number of ether oxygens (including phenoxy) is 2. The summed E-state index contributed by atoms with van der Waals surface area (Å²) < 4.78 is 10.6. The zero-order chi connectivity index (χ0) is 16.1. The van der Waals surface area contributed by atoms with Gasteiger partial charge in [-0.05, 0) is 43.4 Å². The number of aliphatic carboxylic acids is 1. The summed E-state index contributed by atoms with van der Waals surface area (Å²) in [6.07, 6.45) is 1.16. The number of benzene rings is 1. The van der Waals surface area contributed by atoms with Gasteiger partial charge in [-0.2, -0.15) is 0 Å². The molecule has 0 radical (unpaired) electrons. The lowest BCUT2D eigenvalue weighted by molar-refractivity contribution is -0.139. The van der Waals surface area contributed by atoms with E-state index < -0.39 is 12.6 Å². The Balaban J connectivity index is 2.03. The predicted molar refractivity (Wildman–Crippen MR) is 80.3 cm³/mol. The lowest BCUT2D eigenvalue weighted by Gasteiger charge is -2.12. The molecular weight excluding hydrogens is 286 g/mol. The van der Waals surface area contributed by atoms with Crippen molar-refractivity contribution in [2.24, 2.45) is 11.8 Å². The van der Waals surface area contributed by atoms with Crippen LogP contribution >= 0.6 is 0 Å². The second-order valence-corrected chi connectivity index (χ2v) is 5.46. The summed E-state index contributed by atoms with van der Waals surface area (Å²) in [5.41, 5.74) is 0.472. The topological polar surface area (TPSA) is 84.9 Å². The van der Waals surface area contributed by atoms with Crippen LogP contribution in [0.15, 0.2) is 18.2 Å². The van der Waals surface area contributed by atoms with Gasteiger partial charge in [-0.25, -0.2) is 4.79 Å². The third-order valence-corrected chi connectivity index (χ3v) is 3.66. The first kappa shape index (κ1) is 16.1. The van der Waals surface area contributed by atoms with Gasteiger partial charge in [-0.3, -0.25) is 4.79 Å². The smallest absolute Gasteiger partial charge is 0.341 e. The fourth-order valence-corrected chi connectivity index (χ4v) is 2.19. The van der Waals surface area contributed by atoms with Crippen LogP contribution in [0.3, 0.4) is 0 Å². The van der Waals surface area contributed by atoms with Gasteiger partial charge in [0.25, 0.3) is 5.91 Å². The van der Waals surface area contributed by atoms with E-state index >= 15 is 0 Å². The van der Waals surface area contributed by atoms with Crippen molar-refractivity contribution < 1.29 is 24.2 Å². The average Bonchev–Trinajstić information content (AvgIpc) is 3.19. The van der Waals surface area contributed by atoms with Gasteiger partial charge in [0.2, 0.25) is 0 Å². The number of hydrogen-bond donors (Lipinski definition) is 2. The van der Waals surface area contributed by atoms with Gasteiger partial charge in [0.05, 0.1) is 6.61 Å². The number of hydrogen-bond acceptors (Lipinski definition) is 4. The summed E-state index contributed by atoms with van der Waals surface area (Å²) >= 11 is 0. The van der Waals surface area contributed by atoms with E-state index in [9.17, 15) is 9.59 Å². The third-order valence-electron chi connectivity index (χ3n) is 3.66. The van der Waals surface area contributed by atoms with E-state index in [1.165, 1.54) is 0 Å². The van der Waals surface area contributed by atoms with Crippen LogP contribution in [0.4, 0.5) is 0 Å². The summed E-state index contributed by atoms with van der Waals surface area (Å²) in [6, 6.07) is 4.74. The number of carboxylic acids is 1. The molecule has 0 bridgehead atoms. The Hall–Kier alpha value is -2.24. The molecule has 22 heavy (non-hydrogen) atoms. The Labute approximate surface area is 129 Å². The molecule has 2 unspecified atom stereocenters. The minimum Gasteiger partial charge on any atom is -0.490 e. The monoisotopic (exact) mass is 307 g/mol. The summed E-state index contributed by atoms with van der Waals surface area (Å²) in [4.78, 5) is 22.7. The maximum atomic E-state index is 12.1. The number of nitrogens with one attached hydrogen (secondary N) is 1. The largest absolute Gasteiger partial charge is 0.490 e. The molecule has 2 atom stereocenters. The van der Waals surface area contributed by atoms with Crippen LogP contribution in [0, 0.1) is 11.8 Å². The highest BCUT2D eigenvalue weighted by Gasteiger charge is 2.32. The normalized spacial score (nSPS) is 19.4. The fourth-order valence-electron chi connectivity index (χ4n) is 2.19. The lowest BCUT2D eigenvalue weighted by Crippen LogP contribution is -2.26. The Morgan fingerprint density at radius 1 is 1.32 bits per heavy atom. The van der Waals surface area contributed by atoms with E-state index in [0.717, 1.165) is 6.42 Å². The molecule has 0 spiro atoms. The van der Waals surface area contributed by atoms with Crippen LogP contribution in [0.1, 0.15) is 30.6 Å². The van der Waals surface area contributed by atoms with Gasteiger partial charge >= 0.3 is 5.97 Å². The Bertz CT molecular complexity index is 557. The Kier molecular flexibility index (Phi) is 5.25. The summed E-state index contributed by atoms with van der Waals surface area (Å²) in [6.45, 7) is 4.60. The maximum absolute atomic E-state index is 12.1. The Morgan fingerprint density at radius 3 is 2.64 bits per heavy atom. The molecule has 1 fully saturated rings. The molecule has 1 aromatic rings.